The lowest BCUT2D eigenvalue weighted by Gasteiger charge is -2.19. The number of nitrogen functional groups attached to an aromatic ring is 1. The second-order valence-corrected chi connectivity index (χ2v) is 4.24. The Morgan fingerprint density at radius 1 is 1.41 bits per heavy atom. The summed E-state index contributed by atoms with van der Waals surface area (Å²) in [7, 11) is 0. The fourth-order valence-electron chi connectivity index (χ4n) is 1.90. The van der Waals surface area contributed by atoms with Crippen LogP contribution < -0.4 is 11.1 Å². The zero-order chi connectivity index (χ0) is 12.1. The molecule has 1 saturated heterocycles. The first-order chi connectivity index (χ1) is 8.25. The second kappa shape index (κ2) is 5.63. The number of anilines is 1. The van der Waals surface area contributed by atoms with Gasteiger partial charge in [-0.05, 0) is 25.1 Å². The van der Waals surface area contributed by atoms with E-state index >= 15 is 0 Å². The third kappa shape index (κ3) is 3.42. The normalized spacial score (nSPS) is 16.6. The van der Waals surface area contributed by atoms with Gasteiger partial charge in [0.15, 0.2) is 0 Å². The first kappa shape index (κ1) is 11.9. The average Bonchev–Trinajstić information content (AvgIpc) is 2.61. The van der Waals surface area contributed by atoms with E-state index in [-0.39, 0.29) is 5.91 Å². The third-order valence-electron chi connectivity index (χ3n) is 2.87. The lowest BCUT2D eigenvalue weighted by atomic mass is 10.2. The maximum Gasteiger partial charge on any atom is 0.228 e. The van der Waals surface area contributed by atoms with Crippen LogP contribution in [0.15, 0.2) is 18.3 Å². The number of amides is 1. The van der Waals surface area contributed by atoms with E-state index in [0.717, 1.165) is 38.3 Å². The highest BCUT2D eigenvalue weighted by Crippen LogP contribution is 2.05. The number of aromatic nitrogens is 1. The van der Waals surface area contributed by atoms with Crippen LogP contribution >= 0.6 is 0 Å². The smallest absolute Gasteiger partial charge is 0.228 e. The highest BCUT2D eigenvalue weighted by Gasteiger charge is 2.15. The molecule has 2 rings (SSSR count). The van der Waals surface area contributed by atoms with Crippen molar-refractivity contribution in [2.45, 2.75) is 12.8 Å². The quantitative estimate of drug-likeness (QED) is 0.757. The zero-order valence-electron chi connectivity index (χ0n) is 9.85. The molecule has 1 aliphatic rings. The van der Waals surface area contributed by atoms with Crippen LogP contribution in [0, 0.1) is 0 Å². The van der Waals surface area contributed by atoms with E-state index in [1.54, 1.807) is 12.3 Å². The van der Waals surface area contributed by atoms with Crippen molar-refractivity contribution in [3.8, 4) is 0 Å². The molecular weight excluding hydrogens is 216 g/mol. The largest absolute Gasteiger partial charge is 0.397 e. The van der Waals surface area contributed by atoms with E-state index < -0.39 is 0 Å². The van der Waals surface area contributed by atoms with Crippen molar-refractivity contribution in [1.29, 1.82) is 0 Å². The van der Waals surface area contributed by atoms with Gasteiger partial charge in [-0.15, -0.1) is 0 Å². The monoisotopic (exact) mass is 234 g/mol. The van der Waals surface area contributed by atoms with Gasteiger partial charge in [0.2, 0.25) is 5.91 Å². The number of hydrogen-bond donors (Lipinski definition) is 2. The zero-order valence-corrected chi connectivity index (χ0v) is 9.85. The molecule has 0 radical (unpaired) electrons. The van der Waals surface area contributed by atoms with Crippen LogP contribution in [0.1, 0.15) is 12.1 Å². The van der Waals surface area contributed by atoms with Crippen LogP contribution in [0.2, 0.25) is 0 Å². The van der Waals surface area contributed by atoms with Crippen molar-refractivity contribution in [3.05, 3.63) is 24.0 Å². The van der Waals surface area contributed by atoms with Crippen molar-refractivity contribution in [3.63, 3.8) is 0 Å². The van der Waals surface area contributed by atoms with Gasteiger partial charge in [0.05, 0.1) is 18.3 Å². The number of hydrogen-bond acceptors (Lipinski definition) is 4. The Labute approximate surface area is 101 Å². The van der Waals surface area contributed by atoms with E-state index in [4.69, 9.17) is 5.73 Å². The van der Waals surface area contributed by atoms with Crippen molar-refractivity contribution in [2.75, 3.05) is 31.9 Å². The summed E-state index contributed by atoms with van der Waals surface area (Å²) in [5.41, 5.74) is 6.96. The minimum absolute atomic E-state index is 0.144. The Bertz CT molecular complexity index is 369. The SMILES string of the molecule is Nc1ccc(CC(=O)N2CCCNCC2)nc1. The van der Waals surface area contributed by atoms with Crippen LogP contribution in [0.3, 0.4) is 0 Å². The fraction of sp³-hybridized carbons (Fsp3) is 0.500. The Kier molecular flexibility index (Phi) is 3.93. The van der Waals surface area contributed by atoms with E-state index in [1.807, 2.05) is 11.0 Å². The molecule has 0 atom stereocenters. The van der Waals surface area contributed by atoms with Gasteiger partial charge in [0.1, 0.15) is 0 Å². The number of nitrogens with zero attached hydrogens (tertiary/aromatic N) is 2. The summed E-state index contributed by atoms with van der Waals surface area (Å²) >= 11 is 0. The summed E-state index contributed by atoms with van der Waals surface area (Å²) in [6.45, 7) is 3.49. The van der Waals surface area contributed by atoms with Crippen molar-refractivity contribution in [2.24, 2.45) is 0 Å². The number of nitrogens with one attached hydrogen (secondary N) is 1. The van der Waals surface area contributed by atoms with Gasteiger partial charge < -0.3 is 16.0 Å². The maximum atomic E-state index is 12.0. The molecule has 92 valence electrons. The molecule has 1 aromatic heterocycles. The molecule has 0 saturated carbocycles. The van der Waals surface area contributed by atoms with Gasteiger partial charge >= 0.3 is 0 Å². The molecule has 0 unspecified atom stereocenters. The van der Waals surface area contributed by atoms with Gasteiger partial charge in [0, 0.05) is 25.3 Å². The van der Waals surface area contributed by atoms with Crippen molar-refractivity contribution >= 4 is 11.6 Å². The molecule has 5 nitrogen and oxygen atoms in total. The lowest BCUT2D eigenvalue weighted by molar-refractivity contribution is -0.130. The van der Waals surface area contributed by atoms with Gasteiger partial charge in [-0.3, -0.25) is 9.78 Å². The van der Waals surface area contributed by atoms with Crippen LogP contribution in [-0.4, -0.2) is 42.0 Å². The van der Waals surface area contributed by atoms with Crippen LogP contribution in [0.25, 0.3) is 0 Å². The van der Waals surface area contributed by atoms with Crippen molar-refractivity contribution < 1.29 is 4.79 Å². The standard InChI is InChI=1S/C12H18N4O/c13-10-2-3-11(15-9-10)8-12(17)16-6-1-4-14-5-7-16/h2-3,9,14H,1,4-8,13H2. The van der Waals surface area contributed by atoms with Gasteiger partial charge in [0.25, 0.3) is 0 Å². The molecule has 17 heavy (non-hydrogen) atoms. The Hall–Kier alpha value is -1.62. The molecule has 1 amide bonds. The number of carbonyl (C=O) groups is 1. The summed E-state index contributed by atoms with van der Waals surface area (Å²) in [6.07, 6.45) is 2.97. The number of rotatable bonds is 2. The molecule has 0 aliphatic carbocycles. The minimum Gasteiger partial charge on any atom is -0.397 e. The Morgan fingerprint density at radius 2 is 2.29 bits per heavy atom. The first-order valence-corrected chi connectivity index (χ1v) is 5.94. The summed E-state index contributed by atoms with van der Waals surface area (Å²) < 4.78 is 0. The highest BCUT2D eigenvalue weighted by atomic mass is 16.2. The number of carbonyl (C=O) groups excluding carboxylic acids is 1. The molecule has 1 aliphatic heterocycles. The molecule has 5 heteroatoms. The maximum absolute atomic E-state index is 12.0. The highest BCUT2D eigenvalue weighted by molar-refractivity contribution is 5.78. The molecular formula is C12H18N4O. The molecule has 2 heterocycles. The van der Waals surface area contributed by atoms with Crippen LogP contribution in [-0.2, 0) is 11.2 Å². The Balaban J connectivity index is 1.93. The van der Waals surface area contributed by atoms with Crippen LogP contribution in [0.4, 0.5) is 5.69 Å². The number of pyridine rings is 1. The summed E-state index contributed by atoms with van der Waals surface area (Å²) in [5, 5.41) is 3.28. The van der Waals surface area contributed by atoms with E-state index in [9.17, 15) is 4.79 Å². The van der Waals surface area contributed by atoms with E-state index in [0.29, 0.717) is 12.1 Å². The first-order valence-electron chi connectivity index (χ1n) is 5.94. The molecule has 1 aromatic rings. The van der Waals surface area contributed by atoms with E-state index in [1.165, 1.54) is 0 Å². The third-order valence-corrected chi connectivity index (χ3v) is 2.87. The topological polar surface area (TPSA) is 71.2 Å². The molecule has 0 aromatic carbocycles. The Morgan fingerprint density at radius 3 is 3.06 bits per heavy atom. The second-order valence-electron chi connectivity index (χ2n) is 4.24. The minimum atomic E-state index is 0.144. The molecule has 0 spiro atoms. The summed E-state index contributed by atoms with van der Waals surface area (Å²) in [4.78, 5) is 18.1. The molecule has 0 bridgehead atoms. The summed E-state index contributed by atoms with van der Waals surface area (Å²) in [6, 6.07) is 3.59. The predicted molar refractivity (Wildman–Crippen MR) is 66.4 cm³/mol. The predicted octanol–water partition coefficient (Wildman–Crippen LogP) is 0.0282. The van der Waals surface area contributed by atoms with Crippen molar-refractivity contribution in [1.82, 2.24) is 15.2 Å². The van der Waals surface area contributed by atoms with Gasteiger partial charge in [-0.25, -0.2) is 0 Å². The number of nitrogens with two attached hydrogens (primary N) is 1. The molecule has 1 fully saturated rings. The summed E-state index contributed by atoms with van der Waals surface area (Å²) in [5.74, 6) is 0.144. The fourth-order valence-corrected chi connectivity index (χ4v) is 1.90. The van der Waals surface area contributed by atoms with Crippen LogP contribution in [0.5, 0.6) is 0 Å². The van der Waals surface area contributed by atoms with Gasteiger partial charge in [-0.2, -0.15) is 0 Å². The van der Waals surface area contributed by atoms with E-state index in [2.05, 4.69) is 10.3 Å². The average molecular weight is 234 g/mol. The van der Waals surface area contributed by atoms with Gasteiger partial charge in [-0.1, -0.05) is 0 Å². The lowest BCUT2D eigenvalue weighted by Crippen LogP contribution is -2.35. The molecule has 3 N–H and O–H groups in total.